The van der Waals surface area contributed by atoms with Crippen LogP contribution in [-0.4, -0.2) is 56.4 Å². The first-order valence-electron chi connectivity index (χ1n) is 12.5. The molecule has 12 heteroatoms. The maximum atomic E-state index is 12.9. The largest absolute Gasteiger partial charge is 0.444 e. The fourth-order valence-electron chi connectivity index (χ4n) is 3.47. The maximum Gasteiger partial charge on any atom is 0.414 e. The monoisotopic (exact) mass is 542 g/mol. The number of rotatable bonds is 11. The van der Waals surface area contributed by atoms with E-state index in [1.807, 2.05) is 24.3 Å². The molecule has 12 nitrogen and oxygen atoms in total. The van der Waals surface area contributed by atoms with Crippen LogP contribution in [0.2, 0.25) is 0 Å². The Bertz CT molecular complexity index is 1130. The Morgan fingerprint density at radius 3 is 2.31 bits per heavy atom. The van der Waals surface area contributed by atoms with Crippen molar-refractivity contribution in [1.29, 1.82) is 0 Å². The number of benzene rings is 2. The predicted molar refractivity (Wildman–Crippen MR) is 150 cm³/mol. The molecule has 2 aromatic rings. The lowest BCUT2D eigenvalue weighted by atomic mass is 10.1. The Balaban J connectivity index is 1.96. The normalized spacial score (nSPS) is 11.5. The van der Waals surface area contributed by atoms with Gasteiger partial charge in [-0.15, -0.1) is 0 Å². The first kappa shape index (κ1) is 30.7. The first-order valence-corrected chi connectivity index (χ1v) is 12.5. The Hall–Kier alpha value is -4.48. The SMILES string of the molecule is CNc1ccccc1N(C)C(=O)OCc1ccc(NC(=O)C(CCCNC(N)=O)NC(=O)OC(C)(C)C)cc1. The van der Waals surface area contributed by atoms with E-state index in [4.69, 9.17) is 15.2 Å². The molecule has 1 atom stereocenters. The number of carbonyl (C=O) groups is 4. The van der Waals surface area contributed by atoms with Crippen LogP contribution in [-0.2, 0) is 20.9 Å². The van der Waals surface area contributed by atoms with E-state index in [-0.39, 0.29) is 19.6 Å². The van der Waals surface area contributed by atoms with Crippen molar-refractivity contribution in [1.82, 2.24) is 10.6 Å². The third-order valence-electron chi connectivity index (χ3n) is 5.37. The molecular formula is C27H38N6O6. The highest BCUT2D eigenvalue weighted by atomic mass is 16.6. The first-order chi connectivity index (χ1) is 18.4. The number of urea groups is 1. The van der Waals surface area contributed by atoms with Gasteiger partial charge in [0.2, 0.25) is 5.91 Å². The molecule has 0 aromatic heterocycles. The van der Waals surface area contributed by atoms with Crippen molar-refractivity contribution >= 4 is 41.2 Å². The summed E-state index contributed by atoms with van der Waals surface area (Å²) in [6.45, 7) is 5.44. The number of ether oxygens (including phenoxy) is 2. The summed E-state index contributed by atoms with van der Waals surface area (Å²) in [5.74, 6) is -0.455. The van der Waals surface area contributed by atoms with Gasteiger partial charge in [0, 0.05) is 26.3 Å². The van der Waals surface area contributed by atoms with E-state index in [1.54, 1.807) is 59.1 Å². The van der Waals surface area contributed by atoms with Crippen LogP contribution in [0.1, 0.15) is 39.2 Å². The van der Waals surface area contributed by atoms with Gasteiger partial charge >= 0.3 is 18.2 Å². The van der Waals surface area contributed by atoms with E-state index in [2.05, 4.69) is 21.3 Å². The molecule has 0 aliphatic carbocycles. The quantitative estimate of drug-likeness (QED) is 0.270. The van der Waals surface area contributed by atoms with Gasteiger partial charge in [0.05, 0.1) is 11.4 Å². The summed E-state index contributed by atoms with van der Waals surface area (Å²) in [6.07, 6.45) is -0.611. The van der Waals surface area contributed by atoms with Gasteiger partial charge in [-0.1, -0.05) is 24.3 Å². The standard InChI is InChI=1S/C27H38N6O6/c1-27(2,3)39-25(36)32-21(10-8-16-30-24(28)35)23(34)31-19-14-12-18(13-15-19)17-38-26(37)33(5)22-11-7-6-9-20(22)29-4/h6-7,9,11-15,21,29H,8,10,16-17H2,1-5H3,(H,31,34)(H,32,36)(H3,28,30,35). The summed E-state index contributed by atoms with van der Waals surface area (Å²) in [6, 6.07) is 12.6. The molecule has 0 spiro atoms. The predicted octanol–water partition coefficient (Wildman–Crippen LogP) is 3.78. The number of carbonyl (C=O) groups excluding carboxylic acids is 4. The molecule has 6 N–H and O–H groups in total. The number of amides is 5. The van der Waals surface area contributed by atoms with Crippen LogP contribution >= 0.6 is 0 Å². The summed E-state index contributed by atoms with van der Waals surface area (Å²) < 4.78 is 10.7. The maximum absolute atomic E-state index is 12.9. The number of nitrogens with one attached hydrogen (secondary N) is 4. The molecule has 0 bridgehead atoms. The molecule has 0 saturated heterocycles. The third kappa shape index (κ3) is 10.8. The van der Waals surface area contributed by atoms with Gasteiger partial charge in [0.15, 0.2) is 0 Å². The van der Waals surface area contributed by atoms with Crippen LogP contribution in [0.4, 0.5) is 31.4 Å². The van der Waals surface area contributed by atoms with Crippen LogP contribution in [0.25, 0.3) is 0 Å². The minimum Gasteiger partial charge on any atom is -0.444 e. The van der Waals surface area contributed by atoms with Gasteiger partial charge in [-0.2, -0.15) is 0 Å². The van der Waals surface area contributed by atoms with Gasteiger partial charge in [0.25, 0.3) is 0 Å². The van der Waals surface area contributed by atoms with Crippen molar-refractivity contribution in [2.75, 3.05) is 36.2 Å². The van der Waals surface area contributed by atoms with Gasteiger partial charge in [-0.05, 0) is 63.4 Å². The zero-order chi connectivity index (χ0) is 29.0. The molecule has 0 fully saturated rings. The summed E-state index contributed by atoms with van der Waals surface area (Å²) in [5, 5.41) is 10.8. The number of nitrogens with zero attached hydrogens (tertiary/aromatic N) is 1. The van der Waals surface area contributed by atoms with Gasteiger partial charge in [0.1, 0.15) is 18.2 Å². The minimum atomic E-state index is -0.911. The molecule has 5 amide bonds. The number of alkyl carbamates (subject to hydrolysis) is 1. The molecule has 212 valence electrons. The van der Waals surface area contributed by atoms with Crippen molar-refractivity contribution in [3.8, 4) is 0 Å². The smallest absolute Gasteiger partial charge is 0.414 e. The van der Waals surface area contributed by atoms with Crippen LogP contribution in [0, 0.1) is 0 Å². The van der Waals surface area contributed by atoms with Crippen molar-refractivity contribution in [3.05, 3.63) is 54.1 Å². The molecule has 1 unspecified atom stereocenters. The number of nitrogens with two attached hydrogens (primary N) is 1. The van der Waals surface area contributed by atoms with E-state index < -0.39 is 35.8 Å². The molecule has 0 saturated carbocycles. The van der Waals surface area contributed by atoms with E-state index in [9.17, 15) is 19.2 Å². The second kappa shape index (κ2) is 14.5. The fourth-order valence-corrected chi connectivity index (χ4v) is 3.47. The zero-order valence-electron chi connectivity index (χ0n) is 23.0. The zero-order valence-corrected chi connectivity index (χ0v) is 23.0. The van der Waals surface area contributed by atoms with Crippen molar-refractivity contribution in [2.45, 2.75) is 51.9 Å². The van der Waals surface area contributed by atoms with Crippen LogP contribution < -0.4 is 31.9 Å². The van der Waals surface area contributed by atoms with Crippen molar-refractivity contribution < 1.29 is 28.7 Å². The highest BCUT2D eigenvalue weighted by Gasteiger charge is 2.24. The van der Waals surface area contributed by atoms with E-state index >= 15 is 0 Å². The highest BCUT2D eigenvalue weighted by Crippen LogP contribution is 2.24. The Kier molecular flexibility index (Phi) is 11.4. The number of hydrogen-bond acceptors (Lipinski definition) is 7. The van der Waals surface area contributed by atoms with E-state index in [1.165, 1.54) is 4.90 Å². The number of hydrogen-bond donors (Lipinski definition) is 5. The van der Waals surface area contributed by atoms with Crippen LogP contribution in [0.15, 0.2) is 48.5 Å². The van der Waals surface area contributed by atoms with E-state index in [0.717, 1.165) is 11.3 Å². The summed E-state index contributed by atoms with van der Waals surface area (Å²) in [4.78, 5) is 50.0. The average Bonchev–Trinajstić information content (AvgIpc) is 2.88. The van der Waals surface area contributed by atoms with Crippen LogP contribution in [0.5, 0.6) is 0 Å². The summed E-state index contributed by atoms with van der Waals surface area (Å²) in [7, 11) is 3.40. The molecular weight excluding hydrogens is 504 g/mol. The fraction of sp³-hybridized carbons (Fsp3) is 0.407. The van der Waals surface area contributed by atoms with Gasteiger partial charge in [-0.3, -0.25) is 9.69 Å². The molecule has 39 heavy (non-hydrogen) atoms. The minimum absolute atomic E-state index is 0.0365. The highest BCUT2D eigenvalue weighted by molar-refractivity contribution is 5.96. The lowest BCUT2D eigenvalue weighted by molar-refractivity contribution is -0.118. The second-order valence-electron chi connectivity index (χ2n) is 9.70. The number of para-hydroxylation sites is 2. The number of primary amides is 1. The van der Waals surface area contributed by atoms with Gasteiger partial charge < -0.3 is 36.5 Å². The van der Waals surface area contributed by atoms with E-state index in [0.29, 0.717) is 17.8 Å². The molecule has 0 heterocycles. The third-order valence-corrected chi connectivity index (χ3v) is 5.37. The number of anilines is 3. The van der Waals surface area contributed by atoms with Crippen molar-refractivity contribution in [3.63, 3.8) is 0 Å². The Labute approximate surface area is 228 Å². The van der Waals surface area contributed by atoms with Crippen molar-refractivity contribution in [2.24, 2.45) is 5.73 Å². The average molecular weight is 543 g/mol. The second-order valence-corrected chi connectivity index (χ2v) is 9.70. The summed E-state index contributed by atoms with van der Waals surface area (Å²) >= 11 is 0. The van der Waals surface area contributed by atoms with Gasteiger partial charge in [-0.25, -0.2) is 14.4 Å². The molecule has 0 radical (unpaired) electrons. The molecule has 2 rings (SSSR count). The molecule has 2 aromatic carbocycles. The Morgan fingerprint density at radius 2 is 1.69 bits per heavy atom. The lowest BCUT2D eigenvalue weighted by Gasteiger charge is -2.23. The van der Waals surface area contributed by atoms with Crippen LogP contribution in [0.3, 0.4) is 0 Å². The molecule has 0 aliphatic rings. The molecule has 0 aliphatic heterocycles. The lowest BCUT2D eigenvalue weighted by Crippen LogP contribution is -2.46. The Morgan fingerprint density at radius 1 is 1.03 bits per heavy atom. The topological polar surface area (TPSA) is 164 Å². The summed E-state index contributed by atoms with van der Waals surface area (Å²) in [5.41, 5.74) is 7.02.